The van der Waals surface area contributed by atoms with Gasteiger partial charge in [-0.2, -0.15) is 0 Å². The first kappa shape index (κ1) is 6.42. The number of carbonyl (C=O) groups excluding carboxylic acids is 2. The Kier molecular flexibility index (Phi) is 1.95. The van der Waals surface area contributed by atoms with E-state index in [1.54, 1.807) is 0 Å². The van der Waals surface area contributed by atoms with Gasteiger partial charge >= 0.3 is 0 Å². The molecule has 0 unspecified atom stereocenters. The Labute approximate surface area is 53.4 Å². The van der Waals surface area contributed by atoms with Gasteiger partial charge < -0.3 is 5.32 Å². The van der Waals surface area contributed by atoms with E-state index in [-0.39, 0.29) is 18.0 Å². The third-order valence-corrected chi connectivity index (χ3v) is 1.30. The van der Waals surface area contributed by atoms with E-state index in [2.05, 4.69) is 5.32 Å². The van der Waals surface area contributed by atoms with Gasteiger partial charge in [-0.05, 0) is 0 Å². The summed E-state index contributed by atoms with van der Waals surface area (Å²) in [6.07, 6.45) is 0.638. The molecule has 1 aliphatic rings. The maximum atomic E-state index is 10.6. The fourth-order valence-corrected chi connectivity index (χ4v) is 0.826. The lowest BCUT2D eigenvalue weighted by molar-refractivity contribution is -0.125. The fraction of sp³-hybridized carbons (Fsp3) is 0.667. The van der Waals surface area contributed by atoms with Gasteiger partial charge in [0.15, 0.2) is 5.78 Å². The van der Waals surface area contributed by atoms with Gasteiger partial charge in [0, 0.05) is 13.0 Å². The summed E-state index contributed by atoms with van der Waals surface area (Å²) >= 11 is 0. The van der Waals surface area contributed by atoms with Crippen LogP contribution < -0.4 is 5.32 Å². The molecule has 0 aromatic rings. The topological polar surface area (TPSA) is 46.2 Å². The molecule has 50 valence electrons. The van der Waals surface area contributed by atoms with Crippen LogP contribution in [-0.2, 0) is 9.59 Å². The number of ketones is 2. The summed E-state index contributed by atoms with van der Waals surface area (Å²) in [5.41, 5.74) is 0. The molecule has 3 heteroatoms. The van der Waals surface area contributed by atoms with Gasteiger partial charge in [0.25, 0.3) is 0 Å². The van der Waals surface area contributed by atoms with E-state index in [1.807, 2.05) is 0 Å². The highest BCUT2D eigenvalue weighted by Crippen LogP contribution is 1.93. The summed E-state index contributed by atoms with van der Waals surface area (Å²) in [6, 6.07) is 0. The van der Waals surface area contributed by atoms with Crippen LogP contribution in [0.1, 0.15) is 12.8 Å². The normalized spacial score (nSPS) is 21.8. The van der Waals surface area contributed by atoms with Crippen LogP contribution in [0.2, 0.25) is 0 Å². The molecule has 0 bridgehead atoms. The van der Waals surface area contributed by atoms with E-state index >= 15 is 0 Å². The second kappa shape index (κ2) is 2.73. The van der Waals surface area contributed by atoms with E-state index in [0.29, 0.717) is 19.5 Å². The molecule has 0 saturated carbocycles. The predicted molar refractivity (Wildman–Crippen MR) is 32.1 cm³/mol. The highest BCUT2D eigenvalue weighted by Gasteiger charge is 2.12. The van der Waals surface area contributed by atoms with Crippen molar-refractivity contribution in [1.29, 1.82) is 0 Å². The average Bonchev–Trinajstić information content (AvgIpc) is 1.93. The number of hydrogen-bond donors (Lipinski definition) is 1. The largest absolute Gasteiger partial charge is 0.310 e. The van der Waals surface area contributed by atoms with E-state index in [1.165, 1.54) is 0 Å². The number of nitrogens with one attached hydrogen (secondary N) is 1. The number of Topliss-reactive ketones (excluding diaryl/α,β-unsaturated/α-hetero) is 2. The highest BCUT2D eigenvalue weighted by atomic mass is 16.1. The van der Waals surface area contributed by atoms with Crippen LogP contribution in [0.15, 0.2) is 0 Å². The molecule has 0 radical (unpaired) electrons. The second-order valence-corrected chi connectivity index (χ2v) is 2.18. The molecule has 1 fully saturated rings. The lowest BCUT2D eigenvalue weighted by Gasteiger charge is -1.90. The maximum absolute atomic E-state index is 10.6. The highest BCUT2D eigenvalue weighted by molar-refractivity contribution is 6.00. The zero-order chi connectivity index (χ0) is 6.69. The standard InChI is InChI=1S/C6H9NO2/c8-5-1-2-7-4-6(9)3-5/h7H,1-4H2. The molecule has 1 N–H and O–H groups in total. The van der Waals surface area contributed by atoms with Crippen molar-refractivity contribution in [2.75, 3.05) is 13.1 Å². The first-order valence-electron chi connectivity index (χ1n) is 3.03. The zero-order valence-corrected chi connectivity index (χ0v) is 5.14. The van der Waals surface area contributed by atoms with Gasteiger partial charge in [0.1, 0.15) is 5.78 Å². The molecule has 0 aliphatic carbocycles. The summed E-state index contributed by atoms with van der Waals surface area (Å²) in [5, 5.41) is 2.86. The third kappa shape index (κ3) is 1.93. The molecule has 0 spiro atoms. The summed E-state index contributed by atoms with van der Waals surface area (Å²) in [6.45, 7) is 1.02. The fourth-order valence-electron chi connectivity index (χ4n) is 0.826. The lowest BCUT2D eigenvalue weighted by atomic mass is 10.2. The molecular formula is C6H9NO2. The Hall–Kier alpha value is -0.700. The molecule has 3 nitrogen and oxygen atoms in total. The van der Waals surface area contributed by atoms with Crippen molar-refractivity contribution in [2.24, 2.45) is 0 Å². The van der Waals surface area contributed by atoms with Crippen LogP contribution >= 0.6 is 0 Å². The van der Waals surface area contributed by atoms with Crippen LogP contribution in [0.4, 0.5) is 0 Å². The summed E-state index contributed by atoms with van der Waals surface area (Å²) < 4.78 is 0. The minimum absolute atomic E-state index is 0.0116. The quantitative estimate of drug-likeness (QED) is 0.446. The Balaban J connectivity index is 2.47. The van der Waals surface area contributed by atoms with Crippen molar-refractivity contribution >= 4 is 11.6 Å². The molecular weight excluding hydrogens is 118 g/mol. The monoisotopic (exact) mass is 127 g/mol. The zero-order valence-electron chi connectivity index (χ0n) is 5.14. The van der Waals surface area contributed by atoms with Crippen molar-refractivity contribution in [3.8, 4) is 0 Å². The molecule has 0 atom stereocenters. The number of carbonyl (C=O) groups is 2. The minimum Gasteiger partial charge on any atom is -0.310 e. The van der Waals surface area contributed by atoms with Crippen LogP contribution in [0.25, 0.3) is 0 Å². The summed E-state index contributed by atoms with van der Waals surface area (Å²) in [4.78, 5) is 21.2. The Morgan fingerprint density at radius 3 is 2.78 bits per heavy atom. The Morgan fingerprint density at radius 2 is 2.00 bits per heavy atom. The second-order valence-electron chi connectivity index (χ2n) is 2.18. The first-order valence-corrected chi connectivity index (χ1v) is 3.03. The van der Waals surface area contributed by atoms with Crippen LogP contribution in [0.3, 0.4) is 0 Å². The third-order valence-electron chi connectivity index (χ3n) is 1.30. The van der Waals surface area contributed by atoms with Crippen molar-refractivity contribution in [3.63, 3.8) is 0 Å². The molecule has 0 aromatic carbocycles. The van der Waals surface area contributed by atoms with E-state index in [9.17, 15) is 9.59 Å². The number of rotatable bonds is 0. The maximum Gasteiger partial charge on any atom is 0.153 e. The first-order chi connectivity index (χ1) is 4.29. The molecule has 1 saturated heterocycles. The molecule has 1 aliphatic heterocycles. The number of hydrogen-bond acceptors (Lipinski definition) is 3. The van der Waals surface area contributed by atoms with Crippen LogP contribution in [-0.4, -0.2) is 24.7 Å². The van der Waals surface area contributed by atoms with E-state index < -0.39 is 0 Å². The van der Waals surface area contributed by atoms with Gasteiger partial charge in [-0.15, -0.1) is 0 Å². The van der Waals surface area contributed by atoms with Gasteiger partial charge in [0.05, 0.1) is 13.0 Å². The minimum atomic E-state index is 0.0116. The van der Waals surface area contributed by atoms with Gasteiger partial charge in [0.2, 0.25) is 0 Å². The molecule has 9 heavy (non-hydrogen) atoms. The van der Waals surface area contributed by atoms with E-state index in [0.717, 1.165) is 0 Å². The predicted octanol–water partition coefficient (Wildman–Crippen LogP) is -0.492. The lowest BCUT2D eigenvalue weighted by Crippen LogP contribution is -2.19. The molecule has 0 amide bonds. The van der Waals surface area contributed by atoms with Gasteiger partial charge in [-0.3, -0.25) is 9.59 Å². The van der Waals surface area contributed by atoms with Gasteiger partial charge in [-0.1, -0.05) is 0 Å². The van der Waals surface area contributed by atoms with Crippen molar-refractivity contribution in [3.05, 3.63) is 0 Å². The Morgan fingerprint density at radius 1 is 1.22 bits per heavy atom. The van der Waals surface area contributed by atoms with Crippen LogP contribution in [0, 0.1) is 0 Å². The van der Waals surface area contributed by atoms with Crippen molar-refractivity contribution in [1.82, 2.24) is 5.32 Å². The Bertz CT molecular complexity index is 126. The van der Waals surface area contributed by atoms with E-state index in [4.69, 9.17) is 0 Å². The van der Waals surface area contributed by atoms with Crippen LogP contribution in [0.5, 0.6) is 0 Å². The smallest absolute Gasteiger partial charge is 0.153 e. The molecule has 0 aromatic heterocycles. The molecule has 1 heterocycles. The summed E-state index contributed by atoms with van der Waals surface area (Å²) in [5.74, 6) is 0.0718. The van der Waals surface area contributed by atoms with Crippen molar-refractivity contribution in [2.45, 2.75) is 12.8 Å². The summed E-state index contributed by atoms with van der Waals surface area (Å²) in [7, 11) is 0. The SMILES string of the molecule is O=C1CCNCC(=O)C1. The molecule has 1 rings (SSSR count). The van der Waals surface area contributed by atoms with Gasteiger partial charge in [-0.25, -0.2) is 0 Å². The average molecular weight is 127 g/mol. The van der Waals surface area contributed by atoms with Crippen molar-refractivity contribution < 1.29 is 9.59 Å².